The predicted molar refractivity (Wildman–Crippen MR) is 72.9 cm³/mol. The van der Waals surface area contributed by atoms with E-state index in [0.29, 0.717) is 18.2 Å². The van der Waals surface area contributed by atoms with Gasteiger partial charge in [0, 0.05) is 5.02 Å². The van der Waals surface area contributed by atoms with Gasteiger partial charge in [-0.15, -0.1) is 0 Å². The van der Waals surface area contributed by atoms with Crippen molar-refractivity contribution in [2.45, 2.75) is 13.2 Å². The molecule has 18 heavy (non-hydrogen) atoms. The first kappa shape index (κ1) is 12.9. The lowest BCUT2D eigenvalue weighted by molar-refractivity contribution is 0.107. The van der Waals surface area contributed by atoms with E-state index in [1.54, 1.807) is 13.2 Å². The van der Waals surface area contributed by atoms with Crippen LogP contribution in [0.2, 0.25) is 5.02 Å². The molecule has 0 unspecified atom stereocenters. The van der Waals surface area contributed by atoms with Crippen molar-refractivity contribution < 1.29 is 9.47 Å². The highest BCUT2D eigenvalue weighted by Crippen LogP contribution is 2.23. The van der Waals surface area contributed by atoms with Crippen LogP contribution in [0.3, 0.4) is 0 Å². The van der Waals surface area contributed by atoms with Gasteiger partial charge in [0.1, 0.15) is 5.75 Å². The van der Waals surface area contributed by atoms with Crippen LogP contribution < -0.4 is 4.74 Å². The van der Waals surface area contributed by atoms with Gasteiger partial charge in [-0.3, -0.25) is 0 Å². The molecule has 0 N–H and O–H groups in total. The molecule has 2 rings (SSSR count). The van der Waals surface area contributed by atoms with Gasteiger partial charge in [0.2, 0.25) is 0 Å². The largest absolute Gasteiger partial charge is 0.497 e. The normalized spacial score (nSPS) is 10.3. The first-order chi connectivity index (χ1) is 8.79. The Morgan fingerprint density at radius 1 is 1.00 bits per heavy atom. The molecule has 2 aromatic carbocycles. The lowest BCUT2D eigenvalue weighted by atomic mass is 10.2. The molecular formula is C15H15ClO2. The highest BCUT2D eigenvalue weighted by molar-refractivity contribution is 6.31. The average Bonchev–Trinajstić information content (AvgIpc) is 2.42. The summed E-state index contributed by atoms with van der Waals surface area (Å²) >= 11 is 6.13. The number of methoxy groups -OCH3 is 1. The van der Waals surface area contributed by atoms with E-state index in [2.05, 4.69) is 0 Å². The van der Waals surface area contributed by atoms with Gasteiger partial charge in [0.15, 0.2) is 0 Å². The van der Waals surface area contributed by atoms with Gasteiger partial charge in [-0.25, -0.2) is 0 Å². The quantitative estimate of drug-likeness (QED) is 0.809. The molecule has 0 aliphatic carbocycles. The summed E-state index contributed by atoms with van der Waals surface area (Å²) in [6.07, 6.45) is 0. The van der Waals surface area contributed by atoms with Gasteiger partial charge >= 0.3 is 0 Å². The fraction of sp³-hybridized carbons (Fsp3) is 0.200. The molecule has 0 atom stereocenters. The number of benzene rings is 2. The van der Waals surface area contributed by atoms with Crippen molar-refractivity contribution in [1.29, 1.82) is 0 Å². The maximum atomic E-state index is 6.13. The van der Waals surface area contributed by atoms with Gasteiger partial charge in [-0.05, 0) is 23.3 Å². The van der Waals surface area contributed by atoms with Crippen LogP contribution in [0.15, 0.2) is 48.5 Å². The lowest BCUT2D eigenvalue weighted by Gasteiger charge is -2.08. The van der Waals surface area contributed by atoms with Crippen LogP contribution in [-0.4, -0.2) is 7.11 Å². The van der Waals surface area contributed by atoms with E-state index in [1.165, 1.54) is 0 Å². The van der Waals surface area contributed by atoms with Crippen LogP contribution in [0, 0.1) is 0 Å². The molecule has 0 saturated heterocycles. The van der Waals surface area contributed by atoms with Crippen molar-refractivity contribution in [1.82, 2.24) is 0 Å². The second kappa shape index (κ2) is 6.43. The SMILES string of the molecule is COc1ccc(COCc2ccccc2)c(Cl)c1. The molecule has 0 aromatic heterocycles. The molecule has 94 valence electrons. The average molecular weight is 263 g/mol. The van der Waals surface area contributed by atoms with Gasteiger partial charge < -0.3 is 9.47 Å². The molecule has 3 heteroatoms. The molecule has 0 fully saturated rings. The van der Waals surface area contributed by atoms with Crippen LogP contribution >= 0.6 is 11.6 Å². The van der Waals surface area contributed by atoms with Crippen LogP contribution in [0.25, 0.3) is 0 Å². The molecule has 0 bridgehead atoms. The summed E-state index contributed by atoms with van der Waals surface area (Å²) in [7, 11) is 1.62. The van der Waals surface area contributed by atoms with Crippen molar-refractivity contribution in [3.05, 3.63) is 64.7 Å². The molecule has 0 saturated carbocycles. The van der Waals surface area contributed by atoms with Crippen molar-refractivity contribution in [2.24, 2.45) is 0 Å². The number of hydrogen-bond acceptors (Lipinski definition) is 2. The monoisotopic (exact) mass is 262 g/mol. The minimum absolute atomic E-state index is 0.498. The van der Waals surface area contributed by atoms with E-state index in [4.69, 9.17) is 21.1 Å². The fourth-order valence-corrected chi connectivity index (χ4v) is 1.85. The Hall–Kier alpha value is -1.51. The standard InChI is InChI=1S/C15H15ClO2/c1-17-14-8-7-13(15(16)9-14)11-18-10-12-5-3-2-4-6-12/h2-9H,10-11H2,1H3. The molecule has 0 aliphatic heterocycles. The Balaban J connectivity index is 1.91. The van der Waals surface area contributed by atoms with Crippen LogP contribution in [0.5, 0.6) is 5.75 Å². The summed E-state index contributed by atoms with van der Waals surface area (Å²) in [5, 5.41) is 0.669. The Morgan fingerprint density at radius 2 is 1.78 bits per heavy atom. The zero-order valence-corrected chi connectivity index (χ0v) is 11.0. The second-order valence-corrected chi connectivity index (χ2v) is 4.34. The Kier molecular flexibility index (Phi) is 4.62. The van der Waals surface area contributed by atoms with Crippen LogP contribution in [0.4, 0.5) is 0 Å². The zero-order valence-electron chi connectivity index (χ0n) is 10.2. The maximum absolute atomic E-state index is 6.13. The first-order valence-electron chi connectivity index (χ1n) is 5.73. The van der Waals surface area contributed by atoms with E-state index in [0.717, 1.165) is 16.9 Å². The number of rotatable bonds is 5. The summed E-state index contributed by atoms with van der Waals surface area (Å²) in [6, 6.07) is 15.7. The molecule has 0 heterocycles. The van der Waals surface area contributed by atoms with Crippen molar-refractivity contribution in [2.75, 3.05) is 7.11 Å². The Labute approximate surface area is 112 Å². The van der Waals surface area contributed by atoms with E-state index in [-0.39, 0.29) is 0 Å². The maximum Gasteiger partial charge on any atom is 0.120 e. The molecule has 0 amide bonds. The summed E-state index contributed by atoms with van der Waals surface area (Å²) in [4.78, 5) is 0. The zero-order chi connectivity index (χ0) is 12.8. The van der Waals surface area contributed by atoms with Gasteiger partial charge in [-0.1, -0.05) is 48.0 Å². The summed E-state index contributed by atoms with van der Waals surface area (Å²) in [5.74, 6) is 0.756. The highest BCUT2D eigenvalue weighted by atomic mass is 35.5. The first-order valence-corrected chi connectivity index (χ1v) is 6.11. The molecule has 2 aromatic rings. The number of hydrogen-bond donors (Lipinski definition) is 0. The summed E-state index contributed by atoms with van der Waals surface area (Å²) in [6.45, 7) is 1.08. The van der Waals surface area contributed by atoms with Crippen LogP contribution in [-0.2, 0) is 18.0 Å². The molecule has 0 spiro atoms. The fourth-order valence-electron chi connectivity index (χ4n) is 1.63. The molecule has 0 radical (unpaired) electrons. The Bertz CT molecular complexity index is 497. The Morgan fingerprint density at radius 3 is 2.44 bits per heavy atom. The predicted octanol–water partition coefficient (Wildman–Crippen LogP) is 4.07. The van der Waals surface area contributed by atoms with Crippen molar-refractivity contribution in [3.8, 4) is 5.75 Å². The third-order valence-corrected chi connectivity index (χ3v) is 2.98. The molecule has 0 aliphatic rings. The molecular weight excluding hydrogens is 248 g/mol. The van der Waals surface area contributed by atoms with Crippen molar-refractivity contribution >= 4 is 11.6 Å². The minimum atomic E-state index is 0.498. The topological polar surface area (TPSA) is 18.5 Å². The third-order valence-electron chi connectivity index (χ3n) is 2.63. The van der Waals surface area contributed by atoms with Gasteiger partial charge in [-0.2, -0.15) is 0 Å². The van der Waals surface area contributed by atoms with E-state index in [1.807, 2.05) is 42.5 Å². The van der Waals surface area contributed by atoms with E-state index >= 15 is 0 Å². The number of halogens is 1. The van der Waals surface area contributed by atoms with E-state index in [9.17, 15) is 0 Å². The van der Waals surface area contributed by atoms with Crippen LogP contribution in [0.1, 0.15) is 11.1 Å². The summed E-state index contributed by atoms with van der Waals surface area (Å²) < 4.78 is 10.7. The third kappa shape index (κ3) is 3.49. The number of ether oxygens (including phenoxy) is 2. The second-order valence-electron chi connectivity index (χ2n) is 3.94. The smallest absolute Gasteiger partial charge is 0.120 e. The minimum Gasteiger partial charge on any atom is -0.497 e. The highest BCUT2D eigenvalue weighted by Gasteiger charge is 2.02. The van der Waals surface area contributed by atoms with E-state index < -0.39 is 0 Å². The lowest BCUT2D eigenvalue weighted by Crippen LogP contribution is -1.95. The van der Waals surface area contributed by atoms with Gasteiger partial charge in [0.05, 0.1) is 20.3 Å². The van der Waals surface area contributed by atoms with Crippen molar-refractivity contribution in [3.63, 3.8) is 0 Å². The van der Waals surface area contributed by atoms with Gasteiger partial charge in [0.25, 0.3) is 0 Å². The summed E-state index contributed by atoms with van der Waals surface area (Å²) in [5.41, 5.74) is 2.12. The molecule has 2 nitrogen and oxygen atoms in total.